The topological polar surface area (TPSA) is 37.8 Å². The Labute approximate surface area is 129 Å². The van der Waals surface area contributed by atoms with Crippen LogP contribution in [0.1, 0.15) is 35.5 Å². The summed E-state index contributed by atoms with van der Waals surface area (Å²) >= 11 is 1.49. The molecule has 0 aliphatic heterocycles. The predicted octanol–water partition coefficient (Wildman–Crippen LogP) is 4.09. The second-order valence-electron chi connectivity index (χ2n) is 5.18. The van der Waals surface area contributed by atoms with E-state index in [-0.39, 0.29) is 6.04 Å². The van der Waals surface area contributed by atoms with Crippen LogP contribution in [0, 0.1) is 6.92 Å². The fourth-order valence-corrected chi connectivity index (χ4v) is 3.38. The number of nitrogens with zero attached hydrogens (tertiary/aromatic N) is 2. The number of benzene rings is 2. The largest absolute Gasteiger partial charge is 0.305 e. The second-order valence-corrected chi connectivity index (χ2v) is 5.96. The number of fused-ring (bicyclic) bond motifs is 1. The molecule has 1 unspecified atom stereocenters. The molecular weight excluding hydrogens is 278 g/mol. The third-order valence-corrected chi connectivity index (χ3v) is 4.57. The number of aryl methyl sites for hydroxylation is 1. The zero-order valence-corrected chi connectivity index (χ0v) is 13.2. The molecule has 0 saturated carbocycles. The van der Waals surface area contributed by atoms with Gasteiger partial charge in [-0.25, -0.2) is 0 Å². The van der Waals surface area contributed by atoms with Crippen molar-refractivity contribution in [2.45, 2.75) is 26.3 Å². The highest BCUT2D eigenvalue weighted by atomic mass is 32.1. The first kappa shape index (κ1) is 14.2. The van der Waals surface area contributed by atoms with Gasteiger partial charge >= 0.3 is 0 Å². The molecule has 0 radical (unpaired) electrons. The molecule has 2 aromatic carbocycles. The summed E-state index contributed by atoms with van der Waals surface area (Å²) in [5, 5.41) is 10.4. The van der Waals surface area contributed by atoms with Gasteiger partial charge in [-0.3, -0.25) is 0 Å². The molecule has 21 heavy (non-hydrogen) atoms. The highest BCUT2D eigenvalue weighted by Crippen LogP contribution is 2.31. The van der Waals surface area contributed by atoms with Crippen LogP contribution >= 0.6 is 11.5 Å². The zero-order chi connectivity index (χ0) is 14.7. The minimum absolute atomic E-state index is 0.163. The Kier molecular flexibility index (Phi) is 4.27. The minimum Gasteiger partial charge on any atom is -0.305 e. The molecule has 0 bridgehead atoms. The number of rotatable bonds is 5. The fraction of sp³-hybridized carbons (Fsp3) is 0.294. The van der Waals surface area contributed by atoms with Crippen molar-refractivity contribution in [2.75, 3.05) is 6.54 Å². The number of aromatic nitrogens is 2. The quantitative estimate of drug-likeness (QED) is 0.771. The van der Waals surface area contributed by atoms with Gasteiger partial charge in [0.2, 0.25) is 0 Å². The summed E-state index contributed by atoms with van der Waals surface area (Å²) in [5.41, 5.74) is 2.32. The molecule has 4 heteroatoms. The van der Waals surface area contributed by atoms with E-state index in [9.17, 15) is 0 Å². The van der Waals surface area contributed by atoms with Crippen molar-refractivity contribution in [1.82, 2.24) is 14.9 Å². The highest BCUT2D eigenvalue weighted by molar-refractivity contribution is 7.05. The van der Waals surface area contributed by atoms with Crippen LogP contribution in [0.5, 0.6) is 0 Å². The first-order valence-corrected chi connectivity index (χ1v) is 8.08. The van der Waals surface area contributed by atoms with E-state index in [1.165, 1.54) is 32.7 Å². The van der Waals surface area contributed by atoms with Crippen molar-refractivity contribution in [2.24, 2.45) is 0 Å². The normalized spacial score (nSPS) is 12.7. The average Bonchev–Trinajstić information content (AvgIpc) is 2.94. The van der Waals surface area contributed by atoms with E-state index >= 15 is 0 Å². The van der Waals surface area contributed by atoms with E-state index in [0.717, 1.165) is 18.7 Å². The van der Waals surface area contributed by atoms with Crippen LogP contribution in [-0.4, -0.2) is 16.1 Å². The van der Waals surface area contributed by atoms with Crippen LogP contribution in [0.15, 0.2) is 42.5 Å². The van der Waals surface area contributed by atoms with Gasteiger partial charge in [-0.05, 0) is 47.8 Å². The maximum Gasteiger partial charge on any atom is 0.0776 e. The third-order valence-electron chi connectivity index (χ3n) is 3.68. The van der Waals surface area contributed by atoms with Crippen molar-refractivity contribution < 1.29 is 0 Å². The molecule has 0 fully saturated rings. The molecule has 1 heterocycles. The maximum atomic E-state index is 4.18. The van der Waals surface area contributed by atoms with E-state index < -0.39 is 0 Å². The third kappa shape index (κ3) is 2.82. The summed E-state index contributed by atoms with van der Waals surface area (Å²) in [5.74, 6) is 0. The molecule has 0 aliphatic carbocycles. The summed E-state index contributed by atoms with van der Waals surface area (Å²) in [6.07, 6.45) is 1.10. The second kappa shape index (κ2) is 6.33. The number of hydrogen-bond acceptors (Lipinski definition) is 4. The number of nitrogens with one attached hydrogen (secondary N) is 1. The van der Waals surface area contributed by atoms with Gasteiger partial charge in [-0.15, -0.1) is 5.10 Å². The molecule has 0 spiro atoms. The monoisotopic (exact) mass is 297 g/mol. The fourth-order valence-electron chi connectivity index (χ4n) is 2.64. The molecule has 108 valence electrons. The first-order valence-electron chi connectivity index (χ1n) is 7.31. The molecule has 3 aromatic rings. The van der Waals surface area contributed by atoms with E-state index in [1.54, 1.807) is 0 Å². The summed E-state index contributed by atoms with van der Waals surface area (Å²) < 4.78 is 4.11. The summed E-state index contributed by atoms with van der Waals surface area (Å²) in [7, 11) is 0. The van der Waals surface area contributed by atoms with Crippen molar-refractivity contribution in [3.8, 4) is 0 Å². The van der Waals surface area contributed by atoms with Gasteiger partial charge < -0.3 is 5.32 Å². The predicted molar refractivity (Wildman–Crippen MR) is 88.7 cm³/mol. The lowest BCUT2D eigenvalue weighted by Gasteiger charge is -2.19. The minimum atomic E-state index is 0.163. The summed E-state index contributed by atoms with van der Waals surface area (Å²) in [6, 6.07) is 15.2. The zero-order valence-electron chi connectivity index (χ0n) is 12.3. The van der Waals surface area contributed by atoms with Crippen molar-refractivity contribution >= 4 is 22.3 Å². The van der Waals surface area contributed by atoms with Gasteiger partial charge in [-0.2, -0.15) is 0 Å². The molecule has 0 saturated heterocycles. The lowest BCUT2D eigenvalue weighted by molar-refractivity contribution is 0.605. The van der Waals surface area contributed by atoms with E-state index in [0.29, 0.717) is 0 Å². The standard InChI is InChI=1S/C17H19N3S/c1-3-11-18-16(17-12(2)19-20-21-17)15-10-6-8-13-7-4-5-9-14(13)15/h4-10,16,18H,3,11H2,1-2H3. The van der Waals surface area contributed by atoms with Crippen LogP contribution in [0.2, 0.25) is 0 Å². The summed E-state index contributed by atoms with van der Waals surface area (Å²) in [6.45, 7) is 5.20. The lowest BCUT2D eigenvalue weighted by atomic mass is 9.97. The lowest BCUT2D eigenvalue weighted by Crippen LogP contribution is -2.23. The Hall–Kier alpha value is -1.78. The van der Waals surface area contributed by atoms with Gasteiger partial charge in [-0.1, -0.05) is 53.9 Å². The SMILES string of the molecule is CCCNC(c1snnc1C)c1cccc2ccccc12. The molecule has 0 aliphatic rings. The van der Waals surface area contributed by atoms with Crippen LogP contribution in [-0.2, 0) is 0 Å². The van der Waals surface area contributed by atoms with Gasteiger partial charge in [0.15, 0.2) is 0 Å². The van der Waals surface area contributed by atoms with Gasteiger partial charge in [0.1, 0.15) is 0 Å². The van der Waals surface area contributed by atoms with Crippen LogP contribution in [0.25, 0.3) is 10.8 Å². The van der Waals surface area contributed by atoms with Crippen LogP contribution in [0.4, 0.5) is 0 Å². The van der Waals surface area contributed by atoms with E-state index in [1.807, 2.05) is 6.92 Å². The highest BCUT2D eigenvalue weighted by Gasteiger charge is 2.20. The molecular formula is C17H19N3S. The average molecular weight is 297 g/mol. The summed E-state index contributed by atoms with van der Waals surface area (Å²) in [4.78, 5) is 1.21. The maximum absolute atomic E-state index is 4.18. The molecule has 1 N–H and O–H groups in total. The van der Waals surface area contributed by atoms with Crippen LogP contribution in [0.3, 0.4) is 0 Å². The Bertz CT molecular complexity index is 730. The van der Waals surface area contributed by atoms with Crippen molar-refractivity contribution in [1.29, 1.82) is 0 Å². The Morgan fingerprint density at radius 3 is 2.71 bits per heavy atom. The van der Waals surface area contributed by atoms with Crippen LogP contribution < -0.4 is 5.32 Å². The van der Waals surface area contributed by atoms with E-state index in [2.05, 4.69) is 64.3 Å². The molecule has 3 nitrogen and oxygen atoms in total. The van der Waals surface area contributed by atoms with E-state index in [4.69, 9.17) is 0 Å². The molecule has 3 rings (SSSR count). The van der Waals surface area contributed by atoms with Gasteiger partial charge in [0.05, 0.1) is 16.6 Å². The molecule has 0 amide bonds. The Morgan fingerprint density at radius 1 is 1.14 bits per heavy atom. The van der Waals surface area contributed by atoms with Crippen molar-refractivity contribution in [3.05, 3.63) is 58.6 Å². The Balaban J connectivity index is 2.12. The Morgan fingerprint density at radius 2 is 1.95 bits per heavy atom. The molecule has 1 atom stereocenters. The van der Waals surface area contributed by atoms with Gasteiger partial charge in [0, 0.05) is 0 Å². The number of hydrogen-bond donors (Lipinski definition) is 1. The molecule has 1 aromatic heterocycles. The van der Waals surface area contributed by atoms with Gasteiger partial charge in [0.25, 0.3) is 0 Å². The smallest absolute Gasteiger partial charge is 0.0776 e. The van der Waals surface area contributed by atoms with Crippen molar-refractivity contribution in [3.63, 3.8) is 0 Å². The first-order chi connectivity index (χ1) is 10.3.